The lowest BCUT2D eigenvalue weighted by atomic mass is 10.2. The number of hydrogen-bond donors (Lipinski definition) is 3. The summed E-state index contributed by atoms with van der Waals surface area (Å²) in [6.45, 7) is 2.39. The van der Waals surface area contributed by atoms with Crippen molar-refractivity contribution in [3.05, 3.63) is 23.8 Å². The van der Waals surface area contributed by atoms with E-state index < -0.39 is 9.05 Å². The summed E-state index contributed by atoms with van der Waals surface area (Å²) >= 11 is 4.17. The van der Waals surface area contributed by atoms with Crippen molar-refractivity contribution >= 4 is 31.6 Å². The molecule has 0 bridgehead atoms. The highest BCUT2D eigenvalue weighted by atomic mass is 32.9. The van der Waals surface area contributed by atoms with Crippen LogP contribution in [-0.2, 0) is 24.4 Å². The van der Waals surface area contributed by atoms with E-state index in [4.69, 9.17) is 10.3 Å². The first kappa shape index (κ1) is 13.2. The van der Waals surface area contributed by atoms with Crippen molar-refractivity contribution in [2.75, 3.05) is 24.2 Å². The van der Waals surface area contributed by atoms with Gasteiger partial charge in [0, 0.05) is 29.1 Å². The molecule has 0 fully saturated rings. The number of nitrogens with two attached hydrogens (primary N) is 1. The molecule has 5 nitrogen and oxygen atoms in total. The van der Waals surface area contributed by atoms with Crippen LogP contribution in [0.2, 0.25) is 0 Å². The lowest BCUT2D eigenvalue weighted by Crippen LogP contribution is -2.13. The van der Waals surface area contributed by atoms with Gasteiger partial charge in [-0.2, -0.15) is 4.21 Å². The molecule has 1 unspecified atom stereocenters. The van der Waals surface area contributed by atoms with Gasteiger partial charge in [0.15, 0.2) is 0 Å². The van der Waals surface area contributed by atoms with Crippen LogP contribution in [0.1, 0.15) is 5.56 Å². The Balaban J connectivity index is 2.43. The van der Waals surface area contributed by atoms with Gasteiger partial charge in [0.1, 0.15) is 0 Å². The average Bonchev–Trinajstić information content (AvgIpc) is 2.13. The predicted molar refractivity (Wildman–Crippen MR) is 68.2 cm³/mol. The van der Waals surface area contributed by atoms with Crippen molar-refractivity contribution in [2.24, 2.45) is 0 Å². The van der Waals surface area contributed by atoms with Crippen LogP contribution in [0.15, 0.2) is 18.2 Å². The molecule has 7 heteroatoms. The molecule has 90 valence electrons. The van der Waals surface area contributed by atoms with Gasteiger partial charge in [-0.15, -0.1) is 0 Å². The average molecular weight is 262 g/mol. The Labute approximate surface area is 99.7 Å². The molecule has 0 amide bonds. The second kappa shape index (κ2) is 5.44. The number of aryl methyl sites for hydroxylation is 1. The zero-order chi connectivity index (χ0) is 12.2. The van der Waals surface area contributed by atoms with Crippen LogP contribution >= 0.6 is 0 Å². The fourth-order valence-electron chi connectivity index (χ4n) is 1.22. The van der Waals surface area contributed by atoms with Crippen LogP contribution in [0.4, 0.5) is 11.4 Å². The molecule has 0 spiro atoms. The minimum Gasteiger partial charge on any atom is -0.399 e. The Morgan fingerprint density at radius 2 is 2.31 bits per heavy atom. The number of nitrogens with one attached hydrogen (secondary N) is 1. The van der Waals surface area contributed by atoms with E-state index in [1.165, 1.54) is 0 Å². The molecule has 0 saturated carbocycles. The molecule has 1 atom stereocenters. The van der Waals surface area contributed by atoms with Gasteiger partial charge >= 0.3 is 0 Å². The Morgan fingerprint density at radius 3 is 2.88 bits per heavy atom. The van der Waals surface area contributed by atoms with E-state index >= 15 is 0 Å². The first-order valence-corrected chi connectivity index (χ1v) is 6.97. The minimum absolute atomic E-state index is 0.0721. The summed E-state index contributed by atoms with van der Waals surface area (Å²) in [6, 6.07) is 5.46. The van der Waals surface area contributed by atoms with E-state index in [9.17, 15) is 4.21 Å². The minimum atomic E-state index is -3.52. The third kappa shape index (κ3) is 4.75. The van der Waals surface area contributed by atoms with Crippen molar-refractivity contribution in [1.82, 2.24) is 0 Å². The lowest BCUT2D eigenvalue weighted by molar-refractivity contribution is 0.317. The number of rotatable bonds is 5. The van der Waals surface area contributed by atoms with E-state index in [-0.39, 0.29) is 6.61 Å². The third-order valence-corrected chi connectivity index (χ3v) is 2.65. The highest BCUT2D eigenvalue weighted by Gasteiger charge is 2.00. The molecule has 1 rings (SSSR count). The highest BCUT2D eigenvalue weighted by molar-refractivity contribution is 8.27. The molecule has 0 radical (unpaired) electrons. The molecule has 1 aromatic rings. The molecule has 1 aromatic carbocycles. The van der Waals surface area contributed by atoms with Crippen molar-refractivity contribution in [3.8, 4) is 0 Å². The second-order valence-corrected chi connectivity index (χ2v) is 5.61. The summed E-state index contributed by atoms with van der Waals surface area (Å²) in [7, 11) is -3.52. The van der Waals surface area contributed by atoms with Crippen LogP contribution in [-0.4, -0.2) is 21.9 Å². The molecule has 4 N–H and O–H groups in total. The standard InChI is InChI=1S/C9H14N2O3S2/c1-7-6-8(10)2-3-9(7)11-4-5-14-16(12,13)15/h2-3,6,11H,4-5,10H2,1H3,(H,12,13,15). The van der Waals surface area contributed by atoms with Crippen molar-refractivity contribution in [1.29, 1.82) is 0 Å². The largest absolute Gasteiger partial charge is 0.399 e. The predicted octanol–water partition coefficient (Wildman–Crippen LogP) is 1.14. The molecule has 0 aromatic heterocycles. The molecule has 0 aliphatic heterocycles. The van der Waals surface area contributed by atoms with Gasteiger partial charge < -0.3 is 11.1 Å². The molecule has 0 saturated heterocycles. The van der Waals surface area contributed by atoms with E-state index in [1.54, 1.807) is 6.07 Å². The van der Waals surface area contributed by atoms with E-state index in [0.29, 0.717) is 12.2 Å². The van der Waals surface area contributed by atoms with Crippen molar-refractivity contribution in [3.63, 3.8) is 0 Å². The molecule has 0 heterocycles. The van der Waals surface area contributed by atoms with Crippen LogP contribution in [0.25, 0.3) is 0 Å². The SMILES string of the molecule is Cc1cc(N)ccc1NCCOS(=O)(O)=S. The van der Waals surface area contributed by atoms with E-state index in [1.807, 2.05) is 19.1 Å². The van der Waals surface area contributed by atoms with Gasteiger partial charge in [0.25, 0.3) is 9.05 Å². The summed E-state index contributed by atoms with van der Waals surface area (Å²) in [6.07, 6.45) is 0. The Morgan fingerprint density at radius 1 is 1.62 bits per heavy atom. The molecule has 0 aliphatic carbocycles. The molecular weight excluding hydrogens is 248 g/mol. The first-order chi connectivity index (χ1) is 7.38. The van der Waals surface area contributed by atoms with E-state index in [0.717, 1.165) is 11.3 Å². The van der Waals surface area contributed by atoms with Crippen LogP contribution in [0.3, 0.4) is 0 Å². The molecule has 16 heavy (non-hydrogen) atoms. The summed E-state index contributed by atoms with van der Waals surface area (Å²) in [5.41, 5.74) is 8.21. The highest BCUT2D eigenvalue weighted by Crippen LogP contribution is 2.17. The van der Waals surface area contributed by atoms with Crippen LogP contribution < -0.4 is 11.1 Å². The summed E-state index contributed by atoms with van der Waals surface area (Å²) < 4.78 is 23.8. The van der Waals surface area contributed by atoms with Crippen molar-refractivity contribution in [2.45, 2.75) is 6.92 Å². The normalized spacial score (nSPS) is 14.4. The Kier molecular flexibility index (Phi) is 4.48. The second-order valence-electron chi connectivity index (χ2n) is 3.25. The van der Waals surface area contributed by atoms with Gasteiger partial charge in [-0.3, -0.25) is 8.74 Å². The summed E-state index contributed by atoms with van der Waals surface area (Å²) in [4.78, 5) is 0. The first-order valence-electron chi connectivity index (χ1n) is 4.60. The fourth-order valence-corrected chi connectivity index (χ4v) is 1.72. The third-order valence-electron chi connectivity index (χ3n) is 1.90. The fraction of sp³-hybridized carbons (Fsp3) is 0.333. The summed E-state index contributed by atoms with van der Waals surface area (Å²) in [5, 5.41) is 3.05. The lowest BCUT2D eigenvalue weighted by Gasteiger charge is -2.09. The number of nitrogen functional groups attached to an aromatic ring is 1. The van der Waals surface area contributed by atoms with Crippen LogP contribution in [0, 0.1) is 6.92 Å². The maximum absolute atomic E-state index is 10.6. The monoisotopic (exact) mass is 262 g/mol. The van der Waals surface area contributed by atoms with Gasteiger partial charge in [-0.25, -0.2) is 0 Å². The van der Waals surface area contributed by atoms with Crippen LogP contribution in [0.5, 0.6) is 0 Å². The van der Waals surface area contributed by atoms with Gasteiger partial charge in [-0.1, -0.05) is 0 Å². The molecule has 0 aliphatic rings. The quantitative estimate of drug-likeness (QED) is 0.545. The van der Waals surface area contributed by atoms with Gasteiger partial charge in [0.05, 0.1) is 6.61 Å². The summed E-state index contributed by atoms with van der Waals surface area (Å²) in [5.74, 6) is 0. The number of hydrogen-bond acceptors (Lipinski definition) is 5. The Hall–Kier alpha value is -0.890. The number of anilines is 2. The molecular formula is C9H14N2O3S2. The maximum atomic E-state index is 10.6. The Bertz CT molecular complexity index is 460. The van der Waals surface area contributed by atoms with Crippen molar-refractivity contribution < 1.29 is 12.9 Å². The smallest absolute Gasteiger partial charge is 0.266 e. The topological polar surface area (TPSA) is 84.6 Å². The number of benzene rings is 1. The van der Waals surface area contributed by atoms with Gasteiger partial charge in [0.2, 0.25) is 0 Å². The van der Waals surface area contributed by atoms with Gasteiger partial charge in [-0.05, 0) is 30.7 Å². The maximum Gasteiger partial charge on any atom is 0.266 e. The zero-order valence-corrected chi connectivity index (χ0v) is 10.4. The zero-order valence-electron chi connectivity index (χ0n) is 8.80. The van der Waals surface area contributed by atoms with E-state index in [2.05, 4.69) is 20.7 Å².